The van der Waals surface area contributed by atoms with E-state index in [0.717, 1.165) is 67.1 Å². The molecule has 4 heterocycles. The summed E-state index contributed by atoms with van der Waals surface area (Å²) in [5.41, 5.74) is 11.9. The number of pyridine rings is 1. The summed E-state index contributed by atoms with van der Waals surface area (Å²) in [5, 5.41) is 4.91. The quantitative estimate of drug-likeness (QED) is 0.161. The van der Waals surface area contributed by atoms with Crippen molar-refractivity contribution in [3.63, 3.8) is 0 Å². The topological polar surface area (TPSA) is 56.5 Å². The Bertz CT molecular complexity index is 3500. The molecule has 12 aromatic rings. The van der Waals surface area contributed by atoms with E-state index < -0.39 is 0 Å². The third kappa shape index (κ3) is 6.24. The SMILES string of the molecule is c1ccc(-c2cc(-c3ccc(-n4c5ccccc5c5cc6sc7ccccc7c6cc54)c(-c4nc(-c5ccccc5)nc(-c5ccccc5)n4)c3)cc(-c3ccccc3)n2)cc1. The third-order valence-corrected chi connectivity index (χ3v) is 12.8. The molecular formula is C56H35N5S. The van der Waals surface area contributed by atoms with Gasteiger partial charge in [-0.25, -0.2) is 19.9 Å². The van der Waals surface area contributed by atoms with Crippen LogP contribution in [0.4, 0.5) is 0 Å². The lowest BCUT2D eigenvalue weighted by Gasteiger charge is -2.17. The van der Waals surface area contributed by atoms with Crippen LogP contribution in [-0.4, -0.2) is 24.5 Å². The Labute approximate surface area is 361 Å². The van der Waals surface area contributed by atoms with Crippen molar-refractivity contribution in [1.29, 1.82) is 0 Å². The van der Waals surface area contributed by atoms with Gasteiger partial charge in [0.1, 0.15) is 0 Å². The van der Waals surface area contributed by atoms with Crippen molar-refractivity contribution < 1.29 is 0 Å². The number of nitrogens with zero attached hydrogens (tertiary/aromatic N) is 5. The maximum atomic E-state index is 5.33. The van der Waals surface area contributed by atoms with E-state index in [1.54, 1.807) is 0 Å². The highest BCUT2D eigenvalue weighted by atomic mass is 32.1. The molecule has 4 aromatic heterocycles. The van der Waals surface area contributed by atoms with E-state index >= 15 is 0 Å². The monoisotopic (exact) mass is 809 g/mol. The minimum Gasteiger partial charge on any atom is -0.308 e. The maximum Gasteiger partial charge on any atom is 0.166 e. The lowest BCUT2D eigenvalue weighted by molar-refractivity contribution is 1.06. The normalized spacial score (nSPS) is 11.5. The van der Waals surface area contributed by atoms with Gasteiger partial charge >= 0.3 is 0 Å². The second-order valence-corrected chi connectivity index (χ2v) is 16.5. The molecule has 0 aliphatic rings. The Balaban J connectivity index is 1.17. The molecule has 8 aromatic carbocycles. The van der Waals surface area contributed by atoms with Gasteiger partial charge in [-0.15, -0.1) is 11.3 Å². The smallest absolute Gasteiger partial charge is 0.166 e. The maximum absolute atomic E-state index is 5.33. The second-order valence-electron chi connectivity index (χ2n) is 15.4. The van der Waals surface area contributed by atoms with Crippen LogP contribution in [0.5, 0.6) is 0 Å². The Morgan fingerprint density at radius 1 is 0.306 bits per heavy atom. The molecule has 0 saturated heterocycles. The van der Waals surface area contributed by atoms with Crippen LogP contribution in [0.15, 0.2) is 212 Å². The summed E-state index contributed by atoms with van der Waals surface area (Å²) in [6.45, 7) is 0. The molecule has 0 atom stereocenters. The average molecular weight is 810 g/mol. The zero-order chi connectivity index (χ0) is 41.0. The van der Waals surface area contributed by atoms with E-state index in [-0.39, 0.29) is 0 Å². The van der Waals surface area contributed by atoms with E-state index in [0.29, 0.717) is 17.5 Å². The Morgan fingerprint density at radius 3 is 1.47 bits per heavy atom. The summed E-state index contributed by atoms with van der Waals surface area (Å²) in [4.78, 5) is 20.9. The van der Waals surface area contributed by atoms with Crippen LogP contribution in [0.1, 0.15) is 0 Å². The first kappa shape index (κ1) is 35.8. The summed E-state index contributed by atoms with van der Waals surface area (Å²) in [5.74, 6) is 1.81. The highest BCUT2D eigenvalue weighted by Crippen LogP contribution is 2.43. The average Bonchev–Trinajstić information content (AvgIpc) is 3.88. The second kappa shape index (κ2) is 14.9. The number of thiophene rings is 1. The number of rotatable bonds is 7. The van der Waals surface area contributed by atoms with E-state index in [9.17, 15) is 0 Å². The first-order valence-electron chi connectivity index (χ1n) is 20.7. The van der Waals surface area contributed by atoms with Crippen molar-refractivity contribution in [3.05, 3.63) is 212 Å². The van der Waals surface area contributed by atoms with E-state index in [1.165, 1.54) is 30.9 Å². The predicted molar refractivity (Wildman–Crippen MR) is 257 cm³/mol. The molecule has 0 spiro atoms. The molecule has 6 heteroatoms. The van der Waals surface area contributed by atoms with Gasteiger partial charge in [-0.3, -0.25) is 0 Å². The fourth-order valence-corrected chi connectivity index (χ4v) is 9.80. The fraction of sp³-hybridized carbons (Fsp3) is 0. The first-order valence-corrected chi connectivity index (χ1v) is 21.5. The standard InChI is InChI=1S/C56H35N5S/c1-5-17-36(18-6-1)47-32-41(33-48(57-47)37-19-7-2-8-20-37)40-29-30-50(46(31-40)56-59-54(38-21-9-3-10-22-38)58-55(60-56)39-23-11-4-12-24-39)61-49-27-15-13-25-42(49)44-35-53-45(34-51(44)61)43-26-14-16-28-52(43)62-53/h1-35H. The number of hydrogen-bond donors (Lipinski definition) is 0. The zero-order valence-electron chi connectivity index (χ0n) is 33.4. The molecule has 290 valence electrons. The number of para-hydroxylation sites is 1. The van der Waals surface area contributed by atoms with Gasteiger partial charge in [-0.2, -0.15) is 0 Å². The van der Waals surface area contributed by atoms with Gasteiger partial charge in [-0.05, 0) is 59.7 Å². The van der Waals surface area contributed by atoms with Gasteiger partial charge < -0.3 is 4.57 Å². The van der Waals surface area contributed by atoms with Crippen molar-refractivity contribution >= 4 is 53.3 Å². The Hall–Kier alpha value is -8.06. The minimum absolute atomic E-state index is 0.586. The molecule has 0 N–H and O–H groups in total. The molecule has 0 bridgehead atoms. The van der Waals surface area contributed by atoms with Gasteiger partial charge in [0.25, 0.3) is 0 Å². The Kier molecular flexibility index (Phi) is 8.61. The largest absolute Gasteiger partial charge is 0.308 e. The fourth-order valence-electron chi connectivity index (χ4n) is 8.68. The lowest BCUT2D eigenvalue weighted by Crippen LogP contribution is -2.04. The summed E-state index contributed by atoms with van der Waals surface area (Å²) >= 11 is 1.85. The molecule has 0 aliphatic heterocycles. The molecular weight excluding hydrogens is 775 g/mol. The van der Waals surface area contributed by atoms with Crippen LogP contribution in [0.2, 0.25) is 0 Å². The molecule has 0 fully saturated rings. The Morgan fingerprint density at radius 2 is 0.839 bits per heavy atom. The molecule has 0 aliphatic carbocycles. The van der Waals surface area contributed by atoms with Crippen LogP contribution >= 0.6 is 11.3 Å². The van der Waals surface area contributed by atoms with Crippen LogP contribution in [0.25, 0.3) is 115 Å². The van der Waals surface area contributed by atoms with Crippen molar-refractivity contribution in [2.45, 2.75) is 0 Å². The lowest BCUT2D eigenvalue weighted by atomic mass is 9.97. The summed E-state index contributed by atoms with van der Waals surface area (Å²) < 4.78 is 4.96. The van der Waals surface area contributed by atoms with Crippen molar-refractivity contribution in [1.82, 2.24) is 24.5 Å². The predicted octanol–water partition coefficient (Wildman–Crippen LogP) is 14.7. The summed E-state index contributed by atoms with van der Waals surface area (Å²) in [6, 6.07) is 74.4. The van der Waals surface area contributed by atoms with Crippen molar-refractivity contribution in [3.8, 4) is 73.5 Å². The van der Waals surface area contributed by atoms with E-state index in [1.807, 2.05) is 59.9 Å². The first-order chi connectivity index (χ1) is 30.7. The number of fused-ring (bicyclic) bond motifs is 6. The molecule has 0 radical (unpaired) electrons. The van der Waals surface area contributed by atoms with E-state index in [2.05, 4.69) is 168 Å². The van der Waals surface area contributed by atoms with Crippen molar-refractivity contribution in [2.24, 2.45) is 0 Å². The summed E-state index contributed by atoms with van der Waals surface area (Å²) in [7, 11) is 0. The van der Waals surface area contributed by atoms with Crippen LogP contribution in [0, 0.1) is 0 Å². The number of benzene rings is 8. The van der Waals surface area contributed by atoms with Crippen LogP contribution in [-0.2, 0) is 0 Å². The highest BCUT2D eigenvalue weighted by Gasteiger charge is 2.22. The molecule has 0 unspecified atom stereocenters. The van der Waals surface area contributed by atoms with Crippen LogP contribution in [0.3, 0.4) is 0 Å². The van der Waals surface area contributed by atoms with Gasteiger partial charge in [0.05, 0.1) is 28.1 Å². The van der Waals surface area contributed by atoms with Gasteiger partial charge in [0.15, 0.2) is 17.5 Å². The van der Waals surface area contributed by atoms with Gasteiger partial charge in [0.2, 0.25) is 0 Å². The minimum atomic E-state index is 0.586. The number of hydrogen-bond acceptors (Lipinski definition) is 5. The molecule has 12 rings (SSSR count). The van der Waals surface area contributed by atoms with Crippen LogP contribution < -0.4 is 0 Å². The summed E-state index contributed by atoms with van der Waals surface area (Å²) in [6.07, 6.45) is 0. The van der Waals surface area contributed by atoms with Gasteiger partial charge in [0, 0.05) is 58.8 Å². The van der Waals surface area contributed by atoms with E-state index in [4.69, 9.17) is 19.9 Å². The zero-order valence-corrected chi connectivity index (χ0v) is 34.2. The van der Waals surface area contributed by atoms with Crippen molar-refractivity contribution in [2.75, 3.05) is 0 Å². The highest BCUT2D eigenvalue weighted by molar-refractivity contribution is 7.25. The molecule has 0 saturated carbocycles. The number of aromatic nitrogens is 5. The molecule has 5 nitrogen and oxygen atoms in total. The molecule has 0 amide bonds. The third-order valence-electron chi connectivity index (χ3n) is 11.6. The molecule has 62 heavy (non-hydrogen) atoms. The van der Waals surface area contributed by atoms with Gasteiger partial charge in [-0.1, -0.05) is 164 Å².